The Kier molecular flexibility index (Phi) is 5.65. The minimum Gasteiger partial charge on any atom is -0.351 e. The molecule has 2 aromatic carbocycles. The van der Waals surface area contributed by atoms with Crippen molar-refractivity contribution in [2.45, 2.75) is 32.9 Å². The highest BCUT2D eigenvalue weighted by Gasteiger charge is 2.42. The molecule has 0 saturated carbocycles. The zero-order valence-electron chi connectivity index (χ0n) is 19.1. The molecule has 1 aliphatic heterocycles. The van der Waals surface area contributed by atoms with Crippen molar-refractivity contribution in [2.24, 2.45) is 0 Å². The Hall–Kier alpha value is -3.58. The van der Waals surface area contributed by atoms with E-state index < -0.39 is 0 Å². The molecule has 34 heavy (non-hydrogen) atoms. The molecule has 0 radical (unpaired) electrons. The van der Waals surface area contributed by atoms with Crippen molar-refractivity contribution in [2.75, 3.05) is 4.90 Å². The molecule has 0 bridgehead atoms. The normalized spacial score (nSPS) is 17.8. The predicted octanol–water partition coefficient (Wildman–Crippen LogP) is 6.25. The first kappa shape index (κ1) is 22.2. The van der Waals surface area contributed by atoms with Crippen LogP contribution in [0, 0.1) is 32.4 Å². The molecule has 3 heterocycles. The molecule has 2 aromatic heterocycles. The van der Waals surface area contributed by atoms with E-state index in [4.69, 9.17) is 12.2 Å². The molecule has 4 aromatic rings. The topological polar surface area (TPSA) is 33.1 Å². The van der Waals surface area contributed by atoms with Crippen LogP contribution < -0.4 is 10.2 Å². The Morgan fingerprint density at radius 3 is 2.44 bits per heavy atom. The second-order valence-corrected chi connectivity index (χ2v) is 8.96. The van der Waals surface area contributed by atoms with Gasteiger partial charge in [0.15, 0.2) is 5.11 Å². The van der Waals surface area contributed by atoms with Crippen molar-refractivity contribution < 1.29 is 8.78 Å². The number of anilines is 1. The Morgan fingerprint density at radius 2 is 1.74 bits per heavy atom. The number of benzene rings is 2. The van der Waals surface area contributed by atoms with Gasteiger partial charge in [-0.2, -0.15) is 0 Å². The largest absolute Gasteiger partial charge is 0.351 e. The van der Waals surface area contributed by atoms with Crippen molar-refractivity contribution in [3.63, 3.8) is 0 Å². The smallest absolute Gasteiger partial charge is 0.174 e. The molecular formula is C27H24F2N4S. The fourth-order valence-electron chi connectivity index (χ4n) is 4.83. The minimum atomic E-state index is -0.287. The van der Waals surface area contributed by atoms with Gasteiger partial charge in [-0.05, 0) is 98.7 Å². The maximum Gasteiger partial charge on any atom is 0.174 e. The maximum absolute atomic E-state index is 14.1. The lowest BCUT2D eigenvalue weighted by molar-refractivity contribution is 0.564. The van der Waals surface area contributed by atoms with Crippen LogP contribution in [-0.4, -0.2) is 14.7 Å². The molecular weight excluding hydrogens is 450 g/mol. The lowest BCUT2D eigenvalue weighted by Gasteiger charge is -2.28. The molecule has 1 fully saturated rings. The standard InChI is InChI=1S/C27H24F2N4S/c1-16-13-21(10-11-23(16)29)33-26(25(31-27(33)34)24-9-4-5-12-30-24)22-14-17(2)32(18(22)3)20-8-6-7-19(28)15-20/h4-15,25-26H,1-3H3,(H,31,34)/t25-,26+/m0/s1. The van der Waals surface area contributed by atoms with Crippen molar-refractivity contribution in [3.8, 4) is 5.69 Å². The van der Waals surface area contributed by atoms with Crippen LogP contribution in [0.4, 0.5) is 14.5 Å². The molecule has 7 heteroatoms. The highest BCUT2D eigenvalue weighted by atomic mass is 32.1. The highest BCUT2D eigenvalue weighted by molar-refractivity contribution is 7.80. The average molecular weight is 475 g/mol. The molecule has 1 aliphatic rings. The molecule has 5 rings (SSSR count). The molecule has 0 amide bonds. The van der Waals surface area contributed by atoms with Gasteiger partial charge < -0.3 is 14.8 Å². The minimum absolute atomic E-state index is 0.222. The number of halogens is 2. The molecule has 0 aliphatic carbocycles. The lowest BCUT2D eigenvalue weighted by atomic mass is 9.96. The van der Waals surface area contributed by atoms with Crippen LogP contribution in [0.2, 0.25) is 0 Å². The van der Waals surface area contributed by atoms with Crippen LogP contribution >= 0.6 is 12.2 Å². The lowest BCUT2D eigenvalue weighted by Crippen LogP contribution is -2.29. The van der Waals surface area contributed by atoms with E-state index in [2.05, 4.69) is 16.4 Å². The maximum atomic E-state index is 14.1. The van der Waals surface area contributed by atoms with Gasteiger partial charge in [0.05, 0.1) is 17.8 Å². The summed E-state index contributed by atoms with van der Waals surface area (Å²) in [6, 6.07) is 19.0. The first-order chi connectivity index (χ1) is 16.3. The fraction of sp³-hybridized carbons (Fsp3) is 0.185. The van der Waals surface area contributed by atoms with Gasteiger partial charge in [0, 0.05) is 29.0 Å². The second-order valence-electron chi connectivity index (χ2n) is 8.57. The first-order valence-corrected chi connectivity index (χ1v) is 11.5. The summed E-state index contributed by atoms with van der Waals surface area (Å²) in [5.41, 5.74) is 5.95. The van der Waals surface area contributed by atoms with E-state index in [0.29, 0.717) is 10.7 Å². The molecule has 4 nitrogen and oxygen atoms in total. The number of nitrogens with zero attached hydrogens (tertiary/aromatic N) is 3. The summed E-state index contributed by atoms with van der Waals surface area (Å²) in [6.07, 6.45) is 1.76. The summed E-state index contributed by atoms with van der Waals surface area (Å²) >= 11 is 5.78. The van der Waals surface area contributed by atoms with Gasteiger partial charge in [0.2, 0.25) is 0 Å². The first-order valence-electron chi connectivity index (χ1n) is 11.1. The van der Waals surface area contributed by atoms with Crippen molar-refractivity contribution >= 4 is 23.0 Å². The number of hydrogen-bond acceptors (Lipinski definition) is 2. The zero-order chi connectivity index (χ0) is 24.0. The van der Waals surface area contributed by atoms with Crippen LogP contribution in [0.3, 0.4) is 0 Å². The number of aryl methyl sites for hydroxylation is 2. The summed E-state index contributed by atoms with van der Waals surface area (Å²) in [4.78, 5) is 6.62. The van der Waals surface area contributed by atoms with Crippen LogP contribution in [0.1, 0.15) is 40.3 Å². The monoisotopic (exact) mass is 474 g/mol. The van der Waals surface area contributed by atoms with Gasteiger partial charge in [-0.1, -0.05) is 12.1 Å². The van der Waals surface area contributed by atoms with Crippen LogP contribution in [0.5, 0.6) is 0 Å². The van der Waals surface area contributed by atoms with Crippen molar-refractivity contribution in [1.29, 1.82) is 0 Å². The number of pyridine rings is 1. The summed E-state index contributed by atoms with van der Waals surface area (Å²) < 4.78 is 30.1. The van der Waals surface area contributed by atoms with E-state index in [-0.39, 0.29) is 23.7 Å². The van der Waals surface area contributed by atoms with Gasteiger partial charge in [0.1, 0.15) is 11.6 Å². The summed E-state index contributed by atoms with van der Waals surface area (Å²) in [6.45, 7) is 5.77. The Balaban J connectivity index is 1.69. The van der Waals surface area contributed by atoms with E-state index in [1.54, 1.807) is 25.3 Å². The van der Waals surface area contributed by atoms with E-state index in [9.17, 15) is 8.78 Å². The summed E-state index contributed by atoms with van der Waals surface area (Å²) in [5, 5.41) is 3.98. The third-order valence-electron chi connectivity index (χ3n) is 6.37. The average Bonchev–Trinajstić information content (AvgIpc) is 3.31. The second kappa shape index (κ2) is 8.65. The predicted molar refractivity (Wildman–Crippen MR) is 134 cm³/mol. The molecule has 0 spiro atoms. The number of nitrogens with one attached hydrogen (secondary N) is 1. The van der Waals surface area contributed by atoms with Gasteiger partial charge in [0.25, 0.3) is 0 Å². The van der Waals surface area contributed by atoms with Gasteiger partial charge in [-0.15, -0.1) is 0 Å². The summed E-state index contributed by atoms with van der Waals surface area (Å²) in [7, 11) is 0. The van der Waals surface area contributed by atoms with Crippen LogP contribution in [-0.2, 0) is 0 Å². The number of hydrogen-bond donors (Lipinski definition) is 1. The third-order valence-corrected chi connectivity index (χ3v) is 6.69. The Morgan fingerprint density at radius 1 is 0.912 bits per heavy atom. The number of thiocarbonyl (C=S) groups is 1. The van der Waals surface area contributed by atoms with Gasteiger partial charge in [-0.3, -0.25) is 4.98 Å². The Bertz CT molecular complexity index is 1380. The van der Waals surface area contributed by atoms with Gasteiger partial charge >= 0.3 is 0 Å². The van der Waals surface area contributed by atoms with E-state index in [1.807, 2.05) is 53.6 Å². The van der Waals surface area contributed by atoms with Crippen molar-refractivity contribution in [3.05, 3.63) is 113 Å². The summed E-state index contributed by atoms with van der Waals surface area (Å²) in [5.74, 6) is -0.547. The molecule has 172 valence electrons. The zero-order valence-corrected chi connectivity index (χ0v) is 19.9. The van der Waals surface area contributed by atoms with E-state index in [1.165, 1.54) is 18.2 Å². The molecule has 1 N–H and O–H groups in total. The molecule has 0 unspecified atom stereocenters. The number of rotatable bonds is 4. The SMILES string of the molecule is Cc1cc(N2C(=S)N[C@@H](c3ccccn3)[C@H]2c2cc(C)n(-c3cccc(F)c3)c2C)ccc1F. The fourth-order valence-corrected chi connectivity index (χ4v) is 5.17. The van der Waals surface area contributed by atoms with E-state index >= 15 is 0 Å². The molecule has 2 atom stereocenters. The third kappa shape index (κ3) is 3.76. The molecule has 1 saturated heterocycles. The van der Waals surface area contributed by atoms with Crippen LogP contribution in [0.15, 0.2) is 72.9 Å². The van der Waals surface area contributed by atoms with Crippen LogP contribution in [0.25, 0.3) is 5.69 Å². The number of aromatic nitrogens is 2. The quantitative estimate of drug-likeness (QED) is 0.354. The Labute approximate surface area is 202 Å². The van der Waals surface area contributed by atoms with E-state index in [0.717, 1.165) is 34.0 Å². The van der Waals surface area contributed by atoms with Gasteiger partial charge in [-0.25, -0.2) is 8.78 Å². The van der Waals surface area contributed by atoms with Crippen molar-refractivity contribution in [1.82, 2.24) is 14.9 Å². The highest BCUT2D eigenvalue weighted by Crippen LogP contribution is 2.44.